The van der Waals surface area contributed by atoms with E-state index in [9.17, 15) is 0 Å². The second-order valence-electron chi connectivity index (χ2n) is 4.59. The lowest BCUT2D eigenvalue weighted by Crippen LogP contribution is -2.09. The molecule has 0 aliphatic heterocycles. The van der Waals surface area contributed by atoms with Crippen molar-refractivity contribution in [3.63, 3.8) is 0 Å². The zero-order valence-electron chi connectivity index (χ0n) is 8.88. The van der Waals surface area contributed by atoms with Gasteiger partial charge in [-0.05, 0) is 11.8 Å². The van der Waals surface area contributed by atoms with E-state index in [2.05, 4.69) is 27.7 Å². The summed E-state index contributed by atoms with van der Waals surface area (Å²) in [5.74, 6) is 1.65. The van der Waals surface area contributed by atoms with E-state index in [1.807, 2.05) is 0 Å². The molecule has 12 heavy (non-hydrogen) atoms. The summed E-state index contributed by atoms with van der Waals surface area (Å²) in [6.07, 6.45) is 2.07. The molecule has 2 atom stereocenters. The zero-order valence-corrected chi connectivity index (χ0v) is 8.88. The van der Waals surface area contributed by atoms with Crippen molar-refractivity contribution < 1.29 is 0 Å². The van der Waals surface area contributed by atoms with Gasteiger partial charge in [0, 0.05) is 0 Å². The highest BCUT2D eigenvalue weighted by atomic mass is 14.1. The predicted molar refractivity (Wildman–Crippen MR) is 57.9 cm³/mol. The van der Waals surface area contributed by atoms with Gasteiger partial charge in [-0.2, -0.15) is 0 Å². The van der Waals surface area contributed by atoms with Crippen molar-refractivity contribution in [1.29, 1.82) is 0 Å². The highest BCUT2D eigenvalue weighted by Crippen LogP contribution is 2.30. The molecular formula is C10H20B2. The van der Waals surface area contributed by atoms with E-state index in [1.165, 1.54) is 0 Å². The molecule has 0 aliphatic rings. The Morgan fingerprint density at radius 1 is 0.750 bits per heavy atom. The van der Waals surface area contributed by atoms with E-state index in [-0.39, 0.29) is 11.6 Å². The van der Waals surface area contributed by atoms with Crippen molar-refractivity contribution in [2.75, 3.05) is 0 Å². The smallest absolute Gasteiger partial charge is 0.0693 e. The van der Waals surface area contributed by atoms with E-state index >= 15 is 0 Å². The van der Waals surface area contributed by atoms with Crippen LogP contribution in [0.5, 0.6) is 0 Å². The van der Waals surface area contributed by atoms with Crippen LogP contribution in [-0.2, 0) is 0 Å². The third-order valence-electron chi connectivity index (χ3n) is 2.04. The van der Waals surface area contributed by atoms with Crippen LogP contribution in [0.1, 0.15) is 40.5 Å². The number of hydrogen-bond donors (Lipinski definition) is 0. The Bertz CT molecular complexity index is 96.4. The molecule has 0 amide bonds. The fourth-order valence-electron chi connectivity index (χ4n) is 1.44. The summed E-state index contributed by atoms with van der Waals surface area (Å²) < 4.78 is 0. The van der Waals surface area contributed by atoms with Gasteiger partial charge in [-0.25, -0.2) is 0 Å². The van der Waals surface area contributed by atoms with Crippen molar-refractivity contribution in [2.45, 2.75) is 52.2 Å². The van der Waals surface area contributed by atoms with E-state index in [0.717, 1.165) is 12.8 Å². The molecule has 0 aromatic carbocycles. The normalized spacial score (nSPS) is 16.8. The quantitative estimate of drug-likeness (QED) is 0.545. The molecule has 0 aromatic rings. The molecule has 0 aromatic heterocycles. The molecule has 0 fully saturated rings. The van der Waals surface area contributed by atoms with E-state index in [4.69, 9.17) is 15.7 Å². The monoisotopic (exact) mass is 162 g/mol. The Kier molecular flexibility index (Phi) is 5.78. The van der Waals surface area contributed by atoms with Gasteiger partial charge >= 0.3 is 0 Å². The maximum absolute atomic E-state index is 5.94. The lowest BCUT2D eigenvalue weighted by molar-refractivity contribution is 0.484. The van der Waals surface area contributed by atoms with Crippen LogP contribution in [-0.4, -0.2) is 15.7 Å². The average molecular weight is 162 g/mol. The van der Waals surface area contributed by atoms with Crippen LogP contribution >= 0.6 is 0 Å². The molecule has 0 nitrogen and oxygen atoms in total. The molecule has 0 N–H and O–H groups in total. The van der Waals surface area contributed by atoms with Gasteiger partial charge in [-0.1, -0.05) is 52.2 Å². The molecule has 0 aliphatic carbocycles. The van der Waals surface area contributed by atoms with Crippen LogP contribution < -0.4 is 0 Å². The van der Waals surface area contributed by atoms with Crippen LogP contribution in [0.2, 0.25) is 11.6 Å². The summed E-state index contributed by atoms with van der Waals surface area (Å²) >= 11 is 0. The van der Waals surface area contributed by atoms with Crippen molar-refractivity contribution in [1.82, 2.24) is 0 Å². The molecule has 0 heterocycles. The Morgan fingerprint density at radius 2 is 1.00 bits per heavy atom. The summed E-state index contributed by atoms with van der Waals surface area (Å²) in [4.78, 5) is 0. The average Bonchev–Trinajstić information content (AvgIpc) is 1.84. The predicted octanol–water partition coefficient (Wildman–Crippen LogP) is 2.99. The molecule has 0 saturated heterocycles. The fourth-order valence-corrected chi connectivity index (χ4v) is 1.44. The number of hydrogen-bond acceptors (Lipinski definition) is 0. The van der Waals surface area contributed by atoms with E-state index < -0.39 is 0 Å². The molecule has 0 saturated carbocycles. The summed E-state index contributed by atoms with van der Waals surface area (Å²) in [6.45, 7) is 8.73. The van der Waals surface area contributed by atoms with Crippen LogP contribution in [0.3, 0.4) is 0 Å². The minimum Gasteiger partial charge on any atom is -0.0820 e. The van der Waals surface area contributed by atoms with Crippen LogP contribution in [0.15, 0.2) is 0 Å². The summed E-state index contributed by atoms with van der Waals surface area (Å²) in [7, 11) is 11.9. The molecule has 66 valence electrons. The first-order valence-corrected chi connectivity index (χ1v) is 4.94. The minimum atomic E-state index is 0.174. The summed E-state index contributed by atoms with van der Waals surface area (Å²) in [5, 5.41) is 0. The second-order valence-corrected chi connectivity index (χ2v) is 4.59. The van der Waals surface area contributed by atoms with E-state index in [0.29, 0.717) is 11.8 Å². The molecule has 2 unspecified atom stereocenters. The third-order valence-corrected chi connectivity index (χ3v) is 2.04. The third kappa shape index (κ3) is 5.74. The number of rotatable bonds is 5. The first-order chi connectivity index (χ1) is 5.43. The van der Waals surface area contributed by atoms with Crippen molar-refractivity contribution in [2.24, 2.45) is 11.8 Å². The van der Waals surface area contributed by atoms with Crippen LogP contribution in [0.4, 0.5) is 0 Å². The van der Waals surface area contributed by atoms with Crippen molar-refractivity contribution in [3.8, 4) is 0 Å². The highest BCUT2D eigenvalue weighted by Gasteiger charge is 2.13. The Labute approximate surface area is 80.3 Å². The summed E-state index contributed by atoms with van der Waals surface area (Å²) in [5.41, 5.74) is 0. The Morgan fingerprint density at radius 3 is 1.17 bits per heavy atom. The SMILES string of the molecule is [B]C(CC(C)C)C([B])CC(C)C. The first-order valence-electron chi connectivity index (χ1n) is 4.94. The maximum Gasteiger partial charge on any atom is 0.0693 e. The van der Waals surface area contributed by atoms with Gasteiger partial charge in [0.05, 0.1) is 15.7 Å². The standard InChI is InChI=1S/C10H20B2/c1-7(2)5-9(11)10(12)6-8(3)4/h7-10H,5-6H2,1-4H3. The lowest BCUT2D eigenvalue weighted by atomic mass is 9.61. The molecule has 0 spiro atoms. The van der Waals surface area contributed by atoms with Crippen molar-refractivity contribution >= 4 is 15.7 Å². The molecule has 0 bridgehead atoms. The molecule has 2 heteroatoms. The summed E-state index contributed by atoms with van der Waals surface area (Å²) in [6, 6.07) is 0. The lowest BCUT2D eigenvalue weighted by Gasteiger charge is -2.23. The van der Waals surface area contributed by atoms with Gasteiger partial charge in [0.2, 0.25) is 0 Å². The maximum atomic E-state index is 5.94. The molecule has 4 radical (unpaired) electrons. The van der Waals surface area contributed by atoms with Crippen molar-refractivity contribution in [3.05, 3.63) is 0 Å². The minimum absolute atomic E-state index is 0.174. The largest absolute Gasteiger partial charge is 0.0820 e. The Balaban J connectivity index is 3.68. The Hall–Kier alpha value is 0.130. The topological polar surface area (TPSA) is 0 Å². The molecular weight excluding hydrogens is 142 g/mol. The fraction of sp³-hybridized carbons (Fsp3) is 1.00. The molecule has 0 rings (SSSR count). The second kappa shape index (κ2) is 5.72. The van der Waals surface area contributed by atoms with Gasteiger partial charge in [0.1, 0.15) is 0 Å². The van der Waals surface area contributed by atoms with Gasteiger partial charge in [-0.15, -0.1) is 0 Å². The van der Waals surface area contributed by atoms with Gasteiger partial charge < -0.3 is 0 Å². The van der Waals surface area contributed by atoms with Gasteiger partial charge in [0.25, 0.3) is 0 Å². The van der Waals surface area contributed by atoms with Crippen LogP contribution in [0, 0.1) is 11.8 Å². The highest BCUT2D eigenvalue weighted by molar-refractivity contribution is 6.21. The van der Waals surface area contributed by atoms with Gasteiger partial charge in [-0.3, -0.25) is 0 Å². The van der Waals surface area contributed by atoms with Gasteiger partial charge in [0.15, 0.2) is 0 Å². The van der Waals surface area contributed by atoms with E-state index in [1.54, 1.807) is 0 Å². The zero-order chi connectivity index (χ0) is 9.72. The van der Waals surface area contributed by atoms with Crippen LogP contribution in [0.25, 0.3) is 0 Å². The first kappa shape index (κ1) is 12.1.